The lowest BCUT2D eigenvalue weighted by Gasteiger charge is -2.38. The number of carbonyl (C=O) groups excluding carboxylic acids is 4. The Morgan fingerprint density at radius 1 is 0.949 bits per heavy atom. The molecule has 15 nitrogen and oxygen atoms in total. The van der Waals surface area contributed by atoms with Gasteiger partial charge in [-0.05, 0) is 33.8 Å². The summed E-state index contributed by atoms with van der Waals surface area (Å²) in [7, 11) is 3.08. The van der Waals surface area contributed by atoms with Gasteiger partial charge in [0.2, 0.25) is 0 Å². The lowest BCUT2D eigenvalue weighted by molar-refractivity contribution is -0.160. The molecule has 5 N–H and O–H groups in total. The third-order valence-corrected chi connectivity index (χ3v) is 11.9. The minimum absolute atomic E-state index is 0.0159. The number of aromatic hydroxyl groups is 2. The zero-order chi connectivity index (χ0) is 44.0. The van der Waals surface area contributed by atoms with Gasteiger partial charge in [-0.25, -0.2) is 4.79 Å². The van der Waals surface area contributed by atoms with Crippen molar-refractivity contribution in [1.82, 2.24) is 4.57 Å². The van der Waals surface area contributed by atoms with E-state index in [1.54, 1.807) is 65.3 Å². The molecule has 0 saturated carbocycles. The highest BCUT2D eigenvalue weighted by Gasteiger charge is 2.50. The van der Waals surface area contributed by atoms with E-state index in [0.717, 1.165) is 0 Å². The molecule has 0 aliphatic carbocycles. The van der Waals surface area contributed by atoms with Crippen LogP contribution in [0.3, 0.4) is 0 Å². The fourth-order valence-corrected chi connectivity index (χ4v) is 8.27. The Morgan fingerprint density at radius 2 is 1.61 bits per heavy atom. The maximum atomic E-state index is 14.7. The first-order chi connectivity index (χ1) is 27.6. The summed E-state index contributed by atoms with van der Waals surface area (Å²) in [6, 6.07) is 0. The minimum Gasteiger partial charge on any atom is -0.507 e. The van der Waals surface area contributed by atoms with Crippen LogP contribution >= 0.6 is 0 Å². The number of amides is 1. The molecule has 1 amide bonds. The largest absolute Gasteiger partial charge is 0.507 e. The Balaban J connectivity index is 1.81. The summed E-state index contributed by atoms with van der Waals surface area (Å²) >= 11 is 0. The van der Waals surface area contributed by atoms with Crippen LogP contribution in [0.5, 0.6) is 17.2 Å². The molecule has 0 fully saturated rings. The predicted molar refractivity (Wildman–Crippen MR) is 219 cm³/mol. The third kappa shape index (κ3) is 7.78. The second-order valence-electron chi connectivity index (χ2n) is 15.8. The number of fused-ring (bicyclic) bond motifs is 1. The number of Topliss-reactive ketones (excluding diaryl/α,β-unsaturated/α-hetero) is 1. The molecule has 5 rings (SSSR count). The molecule has 59 heavy (non-hydrogen) atoms. The lowest BCUT2D eigenvalue weighted by atomic mass is 9.78. The molecular formula is C44H56N2O13. The molecule has 3 heterocycles. The van der Waals surface area contributed by atoms with Crippen molar-refractivity contribution in [2.45, 2.75) is 99.4 Å². The molecule has 9 unspecified atom stereocenters. The normalized spacial score (nSPS) is 28.1. The number of aromatic nitrogens is 1. The van der Waals surface area contributed by atoms with Crippen molar-refractivity contribution in [3.05, 3.63) is 58.5 Å². The van der Waals surface area contributed by atoms with E-state index in [9.17, 15) is 39.6 Å². The molecule has 2 aromatic carbocycles. The molecule has 2 aliphatic rings. The van der Waals surface area contributed by atoms with Gasteiger partial charge in [0, 0.05) is 79.3 Å². The zero-order valence-electron chi connectivity index (χ0n) is 35.6. The molecule has 0 radical (unpaired) electrons. The number of phenols is 2. The van der Waals surface area contributed by atoms with Crippen LogP contribution in [0.4, 0.5) is 5.69 Å². The van der Waals surface area contributed by atoms with Gasteiger partial charge in [0.1, 0.15) is 17.6 Å². The van der Waals surface area contributed by atoms with Crippen molar-refractivity contribution < 1.29 is 63.3 Å². The van der Waals surface area contributed by atoms with Gasteiger partial charge in [-0.2, -0.15) is 0 Å². The monoisotopic (exact) mass is 820 g/mol. The summed E-state index contributed by atoms with van der Waals surface area (Å²) in [6.45, 7) is 15.9. The highest BCUT2D eigenvalue weighted by molar-refractivity contribution is 6.31. The Bertz CT molecular complexity index is 2290. The smallest absolute Gasteiger partial charge is 0.340 e. The highest BCUT2D eigenvalue weighted by atomic mass is 16.7. The van der Waals surface area contributed by atoms with Crippen molar-refractivity contribution in [1.29, 1.82) is 0 Å². The summed E-state index contributed by atoms with van der Waals surface area (Å²) < 4.78 is 30.9. The van der Waals surface area contributed by atoms with Crippen molar-refractivity contribution in [3.63, 3.8) is 0 Å². The number of aliphatic hydroxyl groups is 2. The van der Waals surface area contributed by atoms with Crippen LogP contribution in [-0.2, 0) is 35.6 Å². The Hall–Kier alpha value is -5.38. The fourth-order valence-electron chi connectivity index (χ4n) is 8.27. The topological polar surface area (TPSA) is 212 Å². The molecule has 9 atom stereocenters. The van der Waals surface area contributed by atoms with Crippen LogP contribution < -0.4 is 10.1 Å². The van der Waals surface area contributed by atoms with Crippen LogP contribution in [0.25, 0.3) is 21.7 Å². The van der Waals surface area contributed by atoms with E-state index >= 15 is 0 Å². The third-order valence-electron chi connectivity index (χ3n) is 11.9. The van der Waals surface area contributed by atoms with Crippen molar-refractivity contribution in [2.75, 3.05) is 19.0 Å². The number of anilines is 1. The van der Waals surface area contributed by atoms with Crippen molar-refractivity contribution in [3.8, 4) is 17.2 Å². The number of ketones is 1. The molecule has 1 aromatic heterocycles. The Labute approximate surface area is 343 Å². The van der Waals surface area contributed by atoms with Gasteiger partial charge in [-0.1, -0.05) is 45.9 Å². The first kappa shape index (κ1) is 44.7. The van der Waals surface area contributed by atoms with E-state index in [4.69, 9.17) is 23.7 Å². The van der Waals surface area contributed by atoms with E-state index in [-0.39, 0.29) is 62.0 Å². The first-order valence-electron chi connectivity index (χ1n) is 19.7. The van der Waals surface area contributed by atoms with Gasteiger partial charge < -0.3 is 54.0 Å². The van der Waals surface area contributed by atoms with Crippen LogP contribution in [0.15, 0.2) is 36.1 Å². The molecule has 15 heteroatoms. The number of phenolic OH excluding ortho intramolecular Hbond substituents is 2. The Kier molecular flexibility index (Phi) is 12.9. The number of hydrogen-bond acceptors (Lipinski definition) is 13. The molecular weight excluding hydrogens is 764 g/mol. The molecule has 320 valence electrons. The zero-order valence-corrected chi connectivity index (χ0v) is 35.6. The number of aliphatic hydroxyl groups excluding tert-OH is 2. The number of nitrogens with zero attached hydrogens (tertiary/aromatic N) is 1. The number of carbonyl (C=O) groups is 4. The molecule has 0 saturated heterocycles. The van der Waals surface area contributed by atoms with E-state index in [1.165, 1.54) is 53.2 Å². The fraction of sp³-hybridized carbons (Fsp3) is 0.500. The summed E-state index contributed by atoms with van der Waals surface area (Å²) in [4.78, 5) is 54.6. The number of rotatable bonds is 4. The van der Waals surface area contributed by atoms with E-state index in [2.05, 4.69) is 5.32 Å². The highest BCUT2D eigenvalue weighted by Crippen LogP contribution is 2.55. The second-order valence-corrected chi connectivity index (χ2v) is 15.8. The van der Waals surface area contributed by atoms with Crippen LogP contribution in [-0.4, -0.2) is 92.5 Å². The van der Waals surface area contributed by atoms with Gasteiger partial charge in [0.15, 0.2) is 5.75 Å². The van der Waals surface area contributed by atoms with E-state index in [1.807, 2.05) is 0 Å². The van der Waals surface area contributed by atoms with Crippen LogP contribution in [0.2, 0.25) is 0 Å². The maximum absolute atomic E-state index is 14.7. The van der Waals surface area contributed by atoms with Crippen molar-refractivity contribution >= 4 is 51.0 Å². The number of benzene rings is 2. The molecule has 0 spiro atoms. The van der Waals surface area contributed by atoms with Gasteiger partial charge in [0.25, 0.3) is 11.7 Å². The molecule has 4 bridgehead atoms. The average Bonchev–Trinajstić information content (AvgIpc) is 3.61. The van der Waals surface area contributed by atoms with Gasteiger partial charge in [0.05, 0.1) is 58.9 Å². The molecule has 3 aromatic rings. The predicted octanol–water partition coefficient (Wildman–Crippen LogP) is 6.03. The second kappa shape index (κ2) is 17.1. The van der Waals surface area contributed by atoms with Gasteiger partial charge >= 0.3 is 17.7 Å². The van der Waals surface area contributed by atoms with Gasteiger partial charge in [-0.15, -0.1) is 0 Å². The van der Waals surface area contributed by atoms with E-state index in [0.29, 0.717) is 5.69 Å². The Morgan fingerprint density at radius 3 is 2.22 bits per heavy atom. The number of methoxy groups -OCH3 is 1. The SMILES string of the molecule is CCOC(=O)c1c(C)n(C)c2c1c1c(O)c3c(O)c(C)c4c(c32)C(=O)C(C)(OC=CC(OC)C(C)C(OC(C)=O)C(C)C(O)C(C)C(O)C(C)C=CC=C(C)C(=O)N1)O4. The standard InChI is InChI=1S/C44H56N2O13/c1-13-56-43(54)28-25(8)46(11)34-29-31-37(50)24(7)40-32(29)41(52)44(10,59-40)57-18-17-27(55-12)21(4)39(58-26(9)47)23(6)36(49)22(5)35(48)19(2)15-14-16-20(3)42(53)45-33(30(28)34)38(31)51/h14-19,21-23,27,35-36,39,48-51H,13H2,1-12H3,(H,45,53). The minimum atomic E-state index is -2.02. The number of ether oxygens (including phenoxy) is 5. The van der Waals surface area contributed by atoms with Gasteiger partial charge in [-0.3, -0.25) is 14.4 Å². The number of allylic oxidation sites excluding steroid dienone is 2. The average molecular weight is 821 g/mol. The summed E-state index contributed by atoms with van der Waals surface area (Å²) in [5.74, 6) is -8.29. The van der Waals surface area contributed by atoms with Crippen LogP contribution in [0, 0.1) is 37.5 Å². The lowest BCUT2D eigenvalue weighted by Crippen LogP contribution is -2.46. The number of aryl methyl sites for hydroxylation is 1. The molecule has 2 aliphatic heterocycles. The first-order valence-corrected chi connectivity index (χ1v) is 19.7. The summed E-state index contributed by atoms with van der Waals surface area (Å²) in [5.41, 5.74) is 0.624. The maximum Gasteiger partial charge on any atom is 0.340 e. The number of esters is 2. The quantitative estimate of drug-likeness (QED) is 0.151. The summed E-state index contributed by atoms with van der Waals surface area (Å²) in [5, 5.41) is 49.4. The summed E-state index contributed by atoms with van der Waals surface area (Å²) in [6.07, 6.45) is 3.59. The van der Waals surface area contributed by atoms with E-state index < -0.39 is 89.0 Å². The number of hydrogen-bond donors (Lipinski definition) is 5. The number of nitrogens with one attached hydrogen (secondary N) is 1. The van der Waals surface area contributed by atoms with Crippen LogP contribution in [0.1, 0.15) is 87.4 Å². The van der Waals surface area contributed by atoms with Crippen molar-refractivity contribution in [2.24, 2.45) is 30.7 Å².